The Bertz CT molecular complexity index is 225. The summed E-state index contributed by atoms with van der Waals surface area (Å²) in [6, 6.07) is 10.0. The molecule has 1 aromatic carbocycles. The Balaban J connectivity index is 2.52. The van der Waals surface area contributed by atoms with Crippen LogP contribution in [0.1, 0.15) is 5.56 Å². The topological polar surface area (TPSA) is 4.36 Å². The lowest BCUT2D eigenvalue weighted by Crippen LogP contribution is -1.74. The predicted molar refractivity (Wildman–Crippen MR) is 44.3 cm³/mol. The maximum atomic E-state index is 6.54. The van der Waals surface area contributed by atoms with Gasteiger partial charge in [0.25, 0.3) is 11.9 Å². The molecule has 1 nitrogen and oxygen atoms in total. The lowest BCUT2D eigenvalue weighted by atomic mass is 10.2. The van der Waals surface area contributed by atoms with Crippen LogP contribution in [0.2, 0.25) is 0 Å². The average Bonchev–Trinajstić information content (AvgIpc) is 2.03. The third-order valence-corrected chi connectivity index (χ3v) is 1.73. The second-order valence-corrected chi connectivity index (χ2v) is 2.58. The molecule has 0 heterocycles. The molecule has 0 aliphatic heterocycles. The predicted octanol–water partition coefficient (Wildman–Crippen LogP) is 2.75. The molecule has 0 aliphatic rings. The van der Waals surface area contributed by atoms with Crippen LogP contribution in [-0.2, 0) is 5.75 Å². The minimum Gasteiger partial charge on any atom is -0.229 e. The summed E-state index contributed by atoms with van der Waals surface area (Å²) < 4.78 is 3.20. The third-order valence-electron chi connectivity index (χ3n) is 1.14. The van der Waals surface area contributed by atoms with Gasteiger partial charge in [0.15, 0.2) is 0 Å². The van der Waals surface area contributed by atoms with Gasteiger partial charge in [0.05, 0.1) is 5.75 Å². The minimum absolute atomic E-state index is 0.796. The van der Waals surface area contributed by atoms with E-state index < -0.39 is 0 Å². The molecule has 2 heteroatoms. The Morgan fingerprint density at radius 1 is 1.30 bits per heavy atom. The first kappa shape index (κ1) is 7.17. The first-order valence-electron chi connectivity index (χ1n) is 2.96. The fourth-order valence-electron chi connectivity index (χ4n) is 0.681. The van der Waals surface area contributed by atoms with Crippen molar-refractivity contribution in [3.8, 4) is 0 Å². The maximum absolute atomic E-state index is 6.54. The molecule has 0 aromatic heterocycles. The van der Waals surface area contributed by atoms with E-state index in [9.17, 15) is 0 Å². The molecular weight excluding hydrogens is 142 g/mol. The van der Waals surface area contributed by atoms with Crippen LogP contribution in [-0.4, -0.2) is 0 Å². The van der Waals surface area contributed by atoms with E-state index in [2.05, 4.69) is 4.25 Å². The molecule has 1 rings (SSSR count). The Kier molecular flexibility index (Phi) is 2.85. The molecule has 0 bridgehead atoms. The van der Waals surface area contributed by atoms with Crippen LogP contribution >= 0.6 is 11.9 Å². The molecular formula is C8H7NS. The molecule has 0 amide bonds. The Hall–Kier alpha value is -0.940. The molecule has 0 saturated carbocycles. The van der Waals surface area contributed by atoms with E-state index in [0.29, 0.717) is 0 Å². The summed E-state index contributed by atoms with van der Waals surface area (Å²) in [6.45, 7) is 6.54. The summed E-state index contributed by atoms with van der Waals surface area (Å²) in [5, 5.41) is 0. The van der Waals surface area contributed by atoms with Crippen molar-refractivity contribution in [2.24, 2.45) is 0 Å². The first-order valence-corrected chi connectivity index (χ1v) is 3.90. The third kappa shape index (κ3) is 2.12. The second-order valence-electron chi connectivity index (χ2n) is 1.85. The normalized spacial score (nSPS) is 8.70. The molecule has 0 N–H and O–H groups in total. The number of hydrogen-bond acceptors (Lipinski definition) is 1. The number of benzene rings is 1. The van der Waals surface area contributed by atoms with Gasteiger partial charge >= 0.3 is 0 Å². The summed E-state index contributed by atoms with van der Waals surface area (Å²) in [7, 11) is 0. The fourth-order valence-corrected chi connectivity index (χ4v) is 1.09. The number of rotatable bonds is 2. The van der Waals surface area contributed by atoms with Crippen LogP contribution in [0.5, 0.6) is 0 Å². The zero-order valence-corrected chi connectivity index (χ0v) is 6.27. The van der Waals surface area contributed by atoms with Gasteiger partial charge in [-0.05, 0) is 5.56 Å². The van der Waals surface area contributed by atoms with Crippen LogP contribution in [0, 0.1) is 6.57 Å². The van der Waals surface area contributed by atoms with Crippen molar-refractivity contribution in [2.75, 3.05) is 0 Å². The van der Waals surface area contributed by atoms with E-state index in [1.807, 2.05) is 30.3 Å². The van der Waals surface area contributed by atoms with Crippen LogP contribution in [0.25, 0.3) is 4.25 Å². The van der Waals surface area contributed by atoms with Gasteiger partial charge in [0.1, 0.15) is 0 Å². The Labute approximate surface area is 65.0 Å². The molecule has 0 atom stereocenters. The molecule has 0 fully saturated rings. The minimum atomic E-state index is 0.796. The van der Waals surface area contributed by atoms with E-state index in [-0.39, 0.29) is 0 Å². The van der Waals surface area contributed by atoms with E-state index in [4.69, 9.17) is 6.57 Å². The molecule has 0 radical (unpaired) electrons. The summed E-state index contributed by atoms with van der Waals surface area (Å²) in [5.74, 6) is 0.796. The van der Waals surface area contributed by atoms with Gasteiger partial charge in [-0.1, -0.05) is 30.3 Å². The highest BCUT2D eigenvalue weighted by Crippen LogP contribution is 2.11. The van der Waals surface area contributed by atoms with E-state index >= 15 is 0 Å². The summed E-state index contributed by atoms with van der Waals surface area (Å²) in [4.78, 5) is 0. The lowest BCUT2D eigenvalue weighted by molar-refractivity contribution is 1.42. The van der Waals surface area contributed by atoms with Crippen molar-refractivity contribution < 1.29 is 0 Å². The van der Waals surface area contributed by atoms with Crippen molar-refractivity contribution >= 4 is 11.9 Å². The van der Waals surface area contributed by atoms with Gasteiger partial charge in [-0.2, -0.15) is 0 Å². The van der Waals surface area contributed by atoms with Crippen molar-refractivity contribution in [3.05, 3.63) is 46.7 Å². The van der Waals surface area contributed by atoms with Gasteiger partial charge in [0.2, 0.25) is 0 Å². The average molecular weight is 149 g/mol. The number of nitrogens with zero attached hydrogens (tertiary/aromatic N) is 1. The van der Waals surface area contributed by atoms with Crippen LogP contribution < -0.4 is 0 Å². The van der Waals surface area contributed by atoms with Crippen molar-refractivity contribution in [1.82, 2.24) is 0 Å². The summed E-state index contributed by atoms with van der Waals surface area (Å²) in [5.41, 5.74) is 1.21. The maximum Gasteiger partial charge on any atom is 0.261 e. The SMILES string of the molecule is [C-]#[N+]SCc1ccccc1. The standard InChI is InChI=1S/C8H7NS/c1-9-10-7-8-5-3-2-4-6-8/h2-6H,7H2. The zero-order chi connectivity index (χ0) is 7.23. The molecule has 10 heavy (non-hydrogen) atoms. The highest BCUT2D eigenvalue weighted by molar-refractivity contribution is 8.00. The summed E-state index contributed by atoms with van der Waals surface area (Å²) >= 11 is 1.25. The fraction of sp³-hybridized carbons (Fsp3) is 0.125. The van der Waals surface area contributed by atoms with Crippen LogP contribution in [0.3, 0.4) is 0 Å². The van der Waals surface area contributed by atoms with E-state index in [1.165, 1.54) is 17.5 Å². The van der Waals surface area contributed by atoms with Gasteiger partial charge < -0.3 is 0 Å². The Morgan fingerprint density at radius 2 is 2.00 bits per heavy atom. The lowest BCUT2D eigenvalue weighted by Gasteiger charge is -1.89. The zero-order valence-electron chi connectivity index (χ0n) is 5.45. The van der Waals surface area contributed by atoms with E-state index in [1.54, 1.807) is 0 Å². The van der Waals surface area contributed by atoms with Crippen LogP contribution in [0.4, 0.5) is 0 Å². The van der Waals surface area contributed by atoms with Gasteiger partial charge in [0, 0.05) is 0 Å². The van der Waals surface area contributed by atoms with Gasteiger partial charge in [-0.15, -0.1) is 0 Å². The Morgan fingerprint density at radius 3 is 2.60 bits per heavy atom. The first-order chi connectivity index (χ1) is 4.93. The molecule has 0 aliphatic carbocycles. The van der Waals surface area contributed by atoms with Crippen LogP contribution in [0.15, 0.2) is 30.3 Å². The highest BCUT2D eigenvalue weighted by Gasteiger charge is 1.93. The van der Waals surface area contributed by atoms with Crippen molar-refractivity contribution in [1.29, 1.82) is 0 Å². The number of hydrogen-bond donors (Lipinski definition) is 0. The largest absolute Gasteiger partial charge is 0.261 e. The van der Waals surface area contributed by atoms with Crippen molar-refractivity contribution in [3.63, 3.8) is 0 Å². The van der Waals surface area contributed by atoms with Gasteiger partial charge in [-0.25, -0.2) is 10.8 Å². The smallest absolute Gasteiger partial charge is 0.229 e. The second kappa shape index (κ2) is 3.97. The highest BCUT2D eigenvalue weighted by atomic mass is 32.2. The molecule has 1 aromatic rings. The van der Waals surface area contributed by atoms with Gasteiger partial charge in [-0.3, -0.25) is 0 Å². The molecule has 0 spiro atoms. The molecule has 50 valence electrons. The van der Waals surface area contributed by atoms with Crippen molar-refractivity contribution in [2.45, 2.75) is 5.75 Å². The monoisotopic (exact) mass is 149 g/mol. The molecule has 0 unspecified atom stereocenters. The molecule has 0 saturated heterocycles. The summed E-state index contributed by atoms with van der Waals surface area (Å²) in [6.07, 6.45) is 0. The van der Waals surface area contributed by atoms with E-state index in [0.717, 1.165) is 5.75 Å². The quantitative estimate of drug-likeness (QED) is 0.462.